The van der Waals surface area contributed by atoms with Gasteiger partial charge in [-0.05, 0) is 31.7 Å². The molecule has 142 valence electrons. The lowest BCUT2D eigenvalue weighted by molar-refractivity contribution is -0.135. The smallest absolute Gasteiger partial charge is 0.245 e. The maximum atomic E-state index is 13.0. The maximum Gasteiger partial charge on any atom is 0.245 e. The Morgan fingerprint density at radius 2 is 1.85 bits per heavy atom. The van der Waals surface area contributed by atoms with E-state index in [9.17, 15) is 4.79 Å². The number of carbonyl (C=O) groups excluding carboxylic acids is 1. The number of hydrogen-bond acceptors (Lipinski definition) is 3. The number of nitrogens with zero attached hydrogens (tertiary/aromatic N) is 4. The van der Waals surface area contributed by atoms with E-state index in [0.717, 1.165) is 37.4 Å². The van der Waals surface area contributed by atoms with Gasteiger partial charge in [0.05, 0.1) is 5.69 Å². The number of H-pyrrole nitrogens is 1. The van der Waals surface area contributed by atoms with E-state index in [2.05, 4.69) is 48.9 Å². The van der Waals surface area contributed by atoms with Crippen molar-refractivity contribution in [3.05, 3.63) is 35.7 Å². The van der Waals surface area contributed by atoms with E-state index in [1.54, 1.807) is 6.20 Å². The molecule has 2 aromatic rings. The monoisotopic (exact) mass is 357 g/mol. The number of piperidine rings is 1. The largest absolute Gasteiger partial charge is 0.341 e. The van der Waals surface area contributed by atoms with Crippen LogP contribution in [0.1, 0.15) is 88.5 Å². The molecule has 3 heterocycles. The van der Waals surface area contributed by atoms with Crippen LogP contribution in [0.4, 0.5) is 0 Å². The summed E-state index contributed by atoms with van der Waals surface area (Å²) in [6, 6.07) is 1.99. The second-order valence-corrected chi connectivity index (χ2v) is 8.03. The molecular formula is C20H31N5O. The van der Waals surface area contributed by atoms with Gasteiger partial charge in [-0.2, -0.15) is 5.10 Å². The van der Waals surface area contributed by atoms with Crippen LogP contribution in [0.2, 0.25) is 0 Å². The Kier molecular flexibility index (Phi) is 5.49. The first-order valence-electron chi connectivity index (χ1n) is 9.75. The molecule has 1 saturated heterocycles. The van der Waals surface area contributed by atoms with E-state index >= 15 is 0 Å². The number of likely N-dealkylation sites (tertiary alicyclic amines) is 1. The van der Waals surface area contributed by atoms with Crippen LogP contribution in [0.25, 0.3) is 0 Å². The number of aromatic nitrogens is 4. The zero-order valence-corrected chi connectivity index (χ0v) is 16.6. The van der Waals surface area contributed by atoms with Crippen LogP contribution in [0.3, 0.4) is 0 Å². The molecule has 1 atom stereocenters. The minimum atomic E-state index is -0.203. The third kappa shape index (κ3) is 3.69. The van der Waals surface area contributed by atoms with Crippen LogP contribution in [-0.2, 0) is 4.79 Å². The highest BCUT2D eigenvalue weighted by Gasteiger charge is 2.29. The third-order valence-corrected chi connectivity index (χ3v) is 5.45. The van der Waals surface area contributed by atoms with Crippen LogP contribution in [0.15, 0.2) is 18.5 Å². The van der Waals surface area contributed by atoms with Crippen molar-refractivity contribution in [2.45, 2.75) is 71.3 Å². The van der Waals surface area contributed by atoms with Gasteiger partial charge in [-0.3, -0.25) is 9.89 Å². The topological polar surface area (TPSA) is 66.8 Å². The molecule has 26 heavy (non-hydrogen) atoms. The van der Waals surface area contributed by atoms with Gasteiger partial charge < -0.3 is 9.47 Å². The predicted molar refractivity (Wildman–Crippen MR) is 102 cm³/mol. The number of carbonyl (C=O) groups is 1. The first-order chi connectivity index (χ1) is 12.4. The Hall–Kier alpha value is -2.11. The van der Waals surface area contributed by atoms with Crippen molar-refractivity contribution in [2.75, 3.05) is 13.1 Å². The van der Waals surface area contributed by atoms with Gasteiger partial charge in [0.2, 0.25) is 5.91 Å². The van der Waals surface area contributed by atoms with E-state index in [1.165, 1.54) is 5.69 Å². The second-order valence-electron chi connectivity index (χ2n) is 8.03. The van der Waals surface area contributed by atoms with Crippen molar-refractivity contribution in [3.8, 4) is 0 Å². The molecule has 0 radical (unpaired) electrons. The highest BCUT2D eigenvalue weighted by Crippen LogP contribution is 2.29. The molecule has 0 spiro atoms. The molecule has 6 nitrogen and oxygen atoms in total. The van der Waals surface area contributed by atoms with Gasteiger partial charge in [-0.25, -0.2) is 4.98 Å². The van der Waals surface area contributed by atoms with Crippen molar-refractivity contribution in [1.29, 1.82) is 0 Å². The van der Waals surface area contributed by atoms with Gasteiger partial charge in [0.15, 0.2) is 0 Å². The van der Waals surface area contributed by atoms with E-state index in [0.29, 0.717) is 17.8 Å². The lowest BCUT2D eigenvalue weighted by atomic mass is 9.92. The number of nitrogens with one attached hydrogen (secondary N) is 1. The maximum absolute atomic E-state index is 13.0. The summed E-state index contributed by atoms with van der Waals surface area (Å²) in [5, 5.41) is 7.62. The molecule has 1 unspecified atom stereocenters. The molecule has 0 aromatic carbocycles. The summed E-state index contributed by atoms with van der Waals surface area (Å²) in [4.78, 5) is 19.4. The van der Waals surface area contributed by atoms with Crippen molar-refractivity contribution < 1.29 is 4.79 Å². The molecule has 0 saturated carbocycles. The molecule has 1 amide bonds. The van der Waals surface area contributed by atoms with Crippen LogP contribution in [0.5, 0.6) is 0 Å². The zero-order valence-electron chi connectivity index (χ0n) is 16.6. The van der Waals surface area contributed by atoms with Crippen LogP contribution in [0, 0.1) is 0 Å². The molecule has 1 N–H and O–H groups in total. The van der Waals surface area contributed by atoms with Gasteiger partial charge in [-0.15, -0.1) is 0 Å². The van der Waals surface area contributed by atoms with Crippen LogP contribution in [-0.4, -0.2) is 43.6 Å². The number of rotatable bonds is 5. The van der Waals surface area contributed by atoms with Crippen molar-refractivity contribution >= 4 is 5.91 Å². The van der Waals surface area contributed by atoms with Gasteiger partial charge in [0, 0.05) is 43.0 Å². The van der Waals surface area contributed by atoms with Crippen molar-refractivity contribution in [2.24, 2.45) is 0 Å². The Bertz CT molecular complexity index is 737. The fraction of sp³-hybridized carbons (Fsp3) is 0.650. The van der Waals surface area contributed by atoms with Gasteiger partial charge >= 0.3 is 0 Å². The number of amides is 1. The first kappa shape index (κ1) is 18.7. The first-order valence-corrected chi connectivity index (χ1v) is 9.75. The minimum absolute atomic E-state index is 0.191. The molecular weight excluding hydrogens is 326 g/mol. The molecule has 3 rings (SSSR count). The van der Waals surface area contributed by atoms with Gasteiger partial charge in [0.1, 0.15) is 11.9 Å². The molecule has 2 aromatic heterocycles. The van der Waals surface area contributed by atoms with Crippen molar-refractivity contribution in [1.82, 2.24) is 24.6 Å². The summed E-state index contributed by atoms with van der Waals surface area (Å²) >= 11 is 0. The van der Waals surface area contributed by atoms with E-state index in [1.807, 2.05) is 22.6 Å². The van der Waals surface area contributed by atoms with Gasteiger partial charge in [-0.1, -0.05) is 27.7 Å². The van der Waals surface area contributed by atoms with Crippen LogP contribution >= 0.6 is 0 Å². The van der Waals surface area contributed by atoms with Gasteiger partial charge in [0.25, 0.3) is 0 Å². The summed E-state index contributed by atoms with van der Waals surface area (Å²) < 4.78 is 2.02. The summed E-state index contributed by atoms with van der Waals surface area (Å²) in [6.07, 6.45) is 5.68. The lowest BCUT2D eigenvalue weighted by Gasteiger charge is -2.33. The Balaban J connectivity index is 1.62. The fourth-order valence-corrected chi connectivity index (χ4v) is 3.75. The quantitative estimate of drug-likeness (QED) is 0.884. The molecule has 1 aliphatic rings. The predicted octanol–water partition coefficient (Wildman–Crippen LogP) is 3.82. The molecule has 0 aliphatic carbocycles. The SMILES string of the molecule is CC(C)c1cc(C2CCN(C(=O)C(C)n3ccnc3C(C)C)CC2)[nH]n1. The number of aromatic amines is 1. The van der Waals surface area contributed by atoms with E-state index in [-0.39, 0.29) is 11.9 Å². The Morgan fingerprint density at radius 3 is 2.42 bits per heavy atom. The average Bonchev–Trinajstić information content (AvgIpc) is 3.30. The number of hydrogen-bond donors (Lipinski definition) is 1. The average molecular weight is 358 g/mol. The minimum Gasteiger partial charge on any atom is -0.341 e. The van der Waals surface area contributed by atoms with E-state index < -0.39 is 0 Å². The summed E-state index contributed by atoms with van der Waals surface area (Å²) in [7, 11) is 0. The fourth-order valence-electron chi connectivity index (χ4n) is 3.75. The van der Waals surface area contributed by atoms with Crippen LogP contribution < -0.4 is 0 Å². The molecule has 6 heteroatoms. The second kappa shape index (κ2) is 7.64. The van der Waals surface area contributed by atoms with E-state index in [4.69, 9.17) is 0 Å². The summed E-state index contributed by atoms with van der Waals surface area (Å²) in [5.74, 6) is 2.37. The summed E-state index contributed by atoms with van der Waals surface area (Å²) in [6.45, 7) is 12.1. The highest BCUT2D eigenvalue weighted by atomic mass is 16.2. The molecule has 1 fully saturated rings. The highest BCUT2D eigenvalue weighted by molar-refractivity contribution is 5.80. The molecule has 0 bridgehead atoms. The third-order valence-electron chi connectivity index (χ3n) is 5.45. The Labute approximate surface area is 156 Å². The summed E-state index contributed by atoms with van der Waals surface area (Å²) in [5.41, 5.74) is 2.33. The standard InChI is InChI=1S/C20H31N5O/c1-13(2)17-12-18(23-22-17)16-6-9-24(10-7-16)20(26)15(5)25-11-8-21-19(25)14(3)4/h8,11-16H,6-7,9-10H2,1-5H3,(H,22,23). The normalized spacial score (nSPS) is 17.3. The van der Waals surface area contributed by atoms with Crippen molar-refractivity contribution in [3.63, 3.8) is 0 Å². The lowest BCUT2D eigenvalue weighted by Crippen LogP contribution is -2.41. The Morgan fingerprint density at radius 1 is 1.15 bits per heavy atom. The molecule has 1 aliphatic heterocycles. The zero-order chi connectivity index (χ0) is 18.8. The number of imidazole rings is 1.